The molecule has 4 rings (SSSR count). The van der Waals surface area contributed by atoms with Gasteiger partial charge < -0.3 is 5.32 Å². The molecule has 0 spiro atoms. The van der Waals surface area contributed by atoms with Crippen molar-refractivity contribution in [3.05, 3.63) is 99.6 Å². The Balaban J connectivity index is 1.43. The Labute approximate surface area is 170 Å². The lowest BCUT2D eigenvalue weighted by atomic mass is 10.1. The number of nitro benzene ring substituents is 1. The number of non-ortho nitro benzene ring substituents is 1. The summed E-state index contributed by atoms with van der Waals surface area (Å²) in [5.41, 5.74) is 2.25. The average Bonchev–Trinajstić information content (AvgIpc) is 3.00. The summed E-state index contributed by atoms with van der Waals surface area (Å²) in [6, 6.07) is 18.8. The van der Waals surface area contributed by atoms with Gasteiger partial charge in [0.1, 0.15) is 0 Å². The van der Waals surface area contributed by atoms with Gasteiger partial charge in [0.15, 0.2) is 0 Å². The first kappa shape index (κ1) is 19.0. The molecule has 1 N–H and O–H groups in total. The lowest BCUT2D eigenvalue weighted by Gasteiger charge is -2.14. The third-order valence-electron chi connectivity index (χ3n) is 4.72. The fourth-order valence-corrected chi connectivity index (χ4v) is 3.24. The van der Waals surface area contributed by atoms with Gasteiger partial charge in [0.25, 0.3) is 17.5 Å². The lowest BCUT2D eigenvalue weighted by molar-refractivity contribution is -0.384. The van der Waals surface area contributed by atoms with Crippen LogP contribution >= 0.6 is 0 Å². The van der Waals surface area contributed by atoms with Gasteiger partial charge in [-0.1, -0.05) is 24.3 Å². The Morgan fingerprint density at radius 2 is 1.43 bits per heavy atom. The largest absolute Gasteiger partial charge is 0.326 e. The van der Waals surface area contributed by atoms with Crippen molar-refractivity contribution in [2.75, 3.05) is 10.2 Å². The lowest BCUT2D eigenvalue weighted by Crippen LogP contribution is -2.29. The zero-order valence-corrected chi connectivity index (χ0v) is 15.6. The molecule has 1 aliphatic heterocycles. The van der Waals surface area contributed by atoms with Crippen LogP contribution in [0.15, 0.2) is 72.8 Å². The third-order valence-corrected chi connectivity index (χ3v) is 4.72. The van der Waals surface area contributed by atoms with E-state index in [9.17, 15) is 24.5 Å². The van der Waals surface area contributed by atoms with Crippen molar-refractivity contribution in [3.8, 4) is 0 Å². The van der Waals surface area contributed by atoms with E-state index in [4.69, 9.17) is 0 Å². The van der Waals surface area contributed by atoms with Gasteiger partial charge in [0, 0.05) is 17.8 Å². The van der Waals surface area contributed by atoms with E-state index in [-0.39, 0.29) is 29.8 Å². The van der Waals surface area contributed by atoms with Crippen molar-refractivity contribution in [3.63, 3.8) is 0 Å². The molecule has 0 unspecified atom stereocenters. The molecular formula is C22H15N3O5. The van der Waals surface area contributed by atoms with Gasteiger partial charge in [-0.05, 0) is 42.0 Å². The van der Waals surface area contributed by atoms with Crippen molar-refractivity contribution in [2.45, 2.75) is 6.42 Å². The second-order valence-corrected chi connectivity index (χ2v) is 6.69. The number of nitrogens with one attached hydrogen (secondary N) is 1. The minimum Gasteiger partial charge on any atom is -0.326 e. The number of nitrogens with zero attached hydrogens (tertiary/aromatic N) is 2. The molecule has 0 aliphatic carbocycles. The normalized spacial score (nSPS) is 12.6. The Hall–Kier alpha value is -4.33. The molecule has 3 aromatic carbocycles. The summed E-state index contributed by atoms with van der Waals surface area (Å²) in [6.07, 6.45) is 0.0688. The summed E-state index contributed by atoms with van der Waals surface area (Å²) in [7, 11) is 0. The topological polar surface area (TPSA) is 110 Å². The van der Waals surface area contributed by atoms with Gasteiger partial charge in [0.05, 0.1) is 28.2 Å². The molecule has 3 aromatic rings. The average molecular weight is 401 g/mol. The van der Waals surface area contributed by atoms with Crippen LogP contribution in [0.2, 0.25) is 0 Å². The quantitative estimate of drug-likeness (QED) is 0.399. The molecule has 0 saturated carbocycles. The van der Waals surface area contributed by atoms with Gasteiger partial charge in [-0.25, -0.2) is 4.90 Å². The Morgan fingerprint density at radius 1 is 0.867 bits per heavy atom. The summed E-state index contributed by atoms with van der Waals surface area (Å²) in [4.78, 5) is 48.6. The molecule has 8 heteroatoms. The summed E-state index contributed by atoms with van der Waals surface area (Å²) in [5.74, 6) is -1.05. The summed E-state index contributed by atoms with van der Waals surface area (Å²) >= 11 is 0. The predicted octanol–water partition coefficient (Wildman–Crippen LogP) is 3.58. The van der Waals surface area contributed by atoms with Crippen LogP contribution in [0.3, 0.4) is 0 Å². The first-order valence-electron chi connectivity index (χ1n) is 9.05. The standard InChI is InChI=1S/C22H15N3O5/c26-20(23-15-7-11-17(12-8-15)25(29)30)13-14-5-9-16(10-6-14)24-21(27)18-3-1-2-4-19(18)22(24)28/h1-12H,13H2,(H,23,26). The van der Waals surface area contributed by atoms with Gasteiger partial charge in [-0.2, -0.15) is 0 Å². The van der Waals surface area contributed by atoms with Crippen LogP contribution in [0.25, 0.3) is 0 Å². The highest BCUT2D eigenvalue weighted by atomic mass is 16.6. The maximum atomic E-state index is 12.5. The molecule has 3 amide bonds. The summed E-state index contributed by atoms with van der Waals surface area (Å²) in [6.45, 7) is 0. The van der Waals surface area contributed by atoms with Crippen molar-refractivity contribution >= 4 is 34.8 Å². The molecule has 1 heterocycles. The maximum absolute atomic E-state index is 12.5. The van der Waals surface area contributed by atoms with Gasteiger partial charge in [-0.3, -0.25) is 24.5 Å². The van der Waals surface area contributed by atoms with Crippen molar-refractivity contribution in [2.24, 2.45) is 0 Å². The van der Waals surface area contributed by atoms with Gasteiger partial charge in [-0.15, -0.1) is 0 Å². The molecule has 0 radical (unpaired) electrons. The first-order valence-corrected chi connectivity index (χ1v) is 9.05. The number of carbonyl (C=O) groups is 3. The van der Waals surface area contributed by atoms with E-state index in [1.54, 1.807) is 48.5 Å². The monoisotopic (exact) mass is 401 g/mol. The number of hydrogen-bond acceptors (Lipinski definition) is 5. The first-order chi connectivity index (χ1) is 14.4. The van der Waals surface area contributed by atoms with Crippen LogP contribution in [-0.2, 0) is 11.2 Å². The highest BCUT2D eigenvalue weighted by molar-refractivity contribution is 6.34. The summed E-state index contributed by atoms with van der Waals surface area (Å²) < 4.78 is 0. The number of amides is 3. The van der Waals surface area contributed by atoms with E-state index in [2.05, 4.69) is 5.32 Å². The molecule has 0 atom stereocenters. The molecule has 0 bridgehead atoms. The molecular weight excluding hydrogens is 386 g/mol. The number of imide groups is 1. The highest BCUT2D eigenvalue weighted by Gasteiger charge is 2.36. The molecule has 30 heavy (non-hydrogen) atoms. The maximum Gasteiger partial charge on any atom is 0.269 e. The van der Waals surface area contributed by atoms with Gasteiger partial charge >= 0.3 is 0 Å². The van der Waals surface area contributed by atoms with E-state index >= 15 is 0 Å². The van der Waals surface area contributed by atoms with Crippen molar-refractivity contribution in [1.82, 2.24) is 0 Å². The van der Waals surface area contributed by atoms with Crippen LogP contribution in [-0.4, -0.2) is 22.6 Å². The smallest absolute Gasteiger partial charge is 0.269 e. The van der Waals surface area contributed by atoms with E-state index in [0.29, 0.717) is 28.1 Å². The number of rotatable bonds is 5. The molecule has 8 nitrogen and oxygen atoms in total. The third kappa shape index (κ3) is 3.53. The van der Waals surface area contributed by atoms with Crippen LogP contribution in [0.4, 0.5) is 17.1 Å². The zero-order chi connectivity index (χ0) is 21.3. The molecule has 0 fully saturated rings. The van der Waals surface area contributed by atoms with Gasteiger partial charge in [0.2, 0.25) is 5.91 Å². The van der Waals surface area contributed by atoms with E-state index in [1.165, 1.54) is 24.3 Å². The number of hydrogen-bond donors (Lipinski definition) is 1. The molecule has 0 saturated heterocycles. The Kier molecular flexibility index (Phi) is 4.81. The predicted molar refractivity (Wildman–Crippen MR) is 109 cm³/mol. The minimum absolute atomic E-state index is 0.0586. The van der Waals surface area contributed by atoms with Crippen molar-refractivity contribution < 1.29 is 19.3 Å². The summed E-state index contributed by atoms with van der Waals surface area (Å²) in [5, 5.41) is 13.3. The van der Waals surface area contributed by atoms with E-state index < -0.39 is 4.92 Å². The fourth-order valence-electron chi connectivity index (χ4n) is 3.24. The molecule has 0 aromatic heterocycles. The van der Waals surface area contributed by atoms with Crippen LogP contribution < -0.4 is 10.2 Å². The second kappa shape index (κ2) is 7.59. The van der Waals surface area contributed by atoms with E-state index in [0.717, 1.165) is 4.90 Å². The molecule has 1 aliphatic rings. The SMILES string of the molecule is O=C(Cc1ccc(N2C(=O)c3ccccc3C2=O)cc1)Nc1ccc([N+](=O)[O-])cc1. The van der Waals surface area contributed by atoms with Crippen molar-refractivity contribution in [1.29, 1.82) is 0 Å². The van der Waals surface area contributed by atoms with Crippen LogP contribution in [0.1, 0.15) is 26.3 Å². The molecule has 148 valence electrons. The number of benzene rings is 3. The number of carbonyl (C=O) groups excluding carboxylic acids is 3. The van der Waals surface area contributed by atoms with Crippen LogP contribution in [0, 0.1) is 10.1 Å². The Morgan fingerprint density at radius 3 is 1.97 bits per heavy atom. The number of anilines is 2. The fraction of sp³-hybridized carbons (Fsp3) is 0.0455. The number of nitro groups is 1. The minimum atomic E-state index is -0.512. The second-order valence-electron chi connectivity index (χ2n) is 6.69. The highest BCUT2D eigenvalue weighted by Crippen LogP contribution is 2.28. The van der Waals surface area contributed by atoms with Crippen LogP contribution in [0.5, 0.6) is 0 Å². The van der Waals surface area contributed by atoms with E-state index in [1.807, 2.05) is 0 Å². The zero-order valence-electron chi connectivity index (χ0n) is 15.6. The number of fused-ring (bicyclic) bond motifs is 1. The Bertz CT molecular complexity index is 1140.